The molecule has 0 saturated carbocycles. The van der Waals surface area contributed by atoms with Crippen molar-refractivity contribution < 1.29 is 0 Å². The summed E-state index contributed by atoms with van der Waals surface area (Å²) in [7, 11) is 2.25. The van der Waals surface area contributed by atoms with Crippen molar-refractivity contribution in [3.63, 3.8) is 0 Å². The molecule has 1 aromatic carbocycles. The highest BCUT2D eigenvalue weighted by atomic mass is 79.9. The molecule has 3 rings (SSSR count). The first-order valence-corrected chi connectivity index (χ1v) is 8.31. The van der Waals surface area contributed by atoms with E-state index in [0.717, 1.165) is 23.5 Å². The predicted molar refractivity (Wildman–Crippen MR) is 86.6 cm³/mol. The number of nitrogens with two attached hydrogens (primary N) is 1. The second-order valence-corrected chi connectivity index (χ2v) is 7.25. The topological polar surface area (TPSA) is 32.5 Å². The minimum absolute atomic E-state index is 0.190. The first kappa shape index (κ1) is 14.5. The third-order valence-electron chi connectivity index (χ3n) is 5.32. The molecule has 2 bridgehead atoms. The molecule has 2 saturated heterocycles. The van der Waals surface area contributed by atoms with Crippen molar-refractivity contribution in [3.05, 3.63) is 34.3 Å². The number of nitrogens with zero attached hydrogens (tertiary/aromatic N) is 2. The quantitative estimate of drug-likeness (QED) is 0.914. The maximum absolute atomic E-state index is 6.24. The SMILES string of the molecule is CN(Cc1cccc(Br)c1)C1(CN)CCN2CCC1C2. The summed E-state index contributed by atoms with van der Waals surface area (Å²) >= 11 is 3.56. The summed E-state index contributed by atoms with van der Waals surface area (Å²) in [4.78, 5) is 5.10. The summed E-state index contributed by atoms with van der Waals surface area (Å²) in [5.41, 5.74) is 7.78. The second kappa shape index (κ2) is 5.76. The zero-order valence-electron chi connectivity index (χ0n) is 12.2. The van der Waals surface area contributed by atoms with Crippen LogP contribution in [0.4, 0.5) is 0 Å². The van der Waals surface area contributed by atoms with E-state index in [4.69, 9.17) is 5.73 Å². The highest BCUT2D eigenvalue weighted by molar-refractivity contribution is 9.10. The van der Waals surface area contributed by atoms with Gasteiger partial charge in [0.15, 0.2) is 0 Å². The molecular weight excluding hydrogens is 314 g/mol. The Morgan fingerprint density at radius 1 is 1.45 bits per heavy atom. The van der Waals surface area contributed by atoms with Crippen molar-refractivity contribution in [2.24, 2.45) is 11.7 Å². The van der Waals surface area contributed by atoms with Gasteiger partial charge in [-0.25, -0.2) is 0 Å². The van der Waals surface area contributed by atoms with Gasteiger partial charge in [0.1, 0.15) is 0 Å². The highest BCUT2D eigenvalue weighted by Crippen LogP contribution is 2.39. The summed E-state index contributed by atoms with van der Waals surface area (Å²) in [5, 5.41) is 0. The largest absolute Gasteiger partial charge is 0.329 e. The van der Waals surface area contributed by atoms with Gasteiger partial charge in [-0.3, -0.25) is 4.90 Å². The van der Waals surface area contributed by atoms with Crippen LogP contribution in [0.5, 0.6) is 0 Å². The Morgan fingerprint density at radius 3 is 3.05 bits per heavy atom. The van der Waals surface area contributed by atoms with Crippen molar-refractivity contribution in [1.29, 1.82) is 0 Å². The maximum atomic E-state index is 6.24. The third-order valence-corrected chi connectivity index (χ3v) is 5.81. The van der Waals surface area contributed by atoms with Crippen molar-refractivity contribution in [2.45, 2.75) is 24.9 Å². The van der Waals surface area contributed by atoms with E-state index in [9.17, 15) is 0 Å². The molecule has 3 nitrogen and oxygen atoms in total. The number of hydrogen-bond acceptors (Lipinski definition) is 3. The Morgan fingerprint density at radius 2 is 2.30 bits per heavy atom. The molecule has 20 heavy (non-hydrogen) atoms. The standard InChI is InChI=1S/C16H24BrN3/c1-19(10-13-3-2-4-15(17)9-13)16(12-18)6-8-20-7-5-14(16)11-20/h2-4,9,14H,5-8,10-12,18H2,1H3. The van der Waals surface area contributed by atoms with Gasteiger partial charge in [-0.15, -0.1) is 0 Å². The molecule has 2 heterocycles. The second-order valence-electron chi connectivity index (χ2n) is 6.33. The number of fused-ring (bicyclic) bond motifs is 2. The number of piperidine rings is 1. The van der Waals surface area contributed by atoms with Crippen LogP contribution < -0.4 is 5.73 Å². The highest BCUT2D eigenvalue weighted by Gasteiger charge is 2.47. The smallest absolute Gasteiger partial charge is 0.0385 e. The summed E-state index contributed by atoms with van der Waals surface area (Å²) in [6.45, 7) is 5.46. The monoisotopic (exact) mass is 337 g/mol. The lowest BCUT2D eigenvalue weighted by Crippen LogP contribution is -2.60. The Hall–Kier alpha value is -0.420. The fourth-order valence-electron chi connectivity index (χ4n) is 4.02. The van der Waals surface area contributed by atoms with Gasteiger partial charge >= 0.3 is 0 Å². The predicted octanol–water partition coefficient (Wildman–Crippen LogP) is 2.30. The Bertz CT molecular complexity index is 479. The number of likely N-dealkylation sites (N-methyl/N-ethyl adjacent to an activating group) is 1. The first-order chi connectivity index (χ1) is 9.64. The summed E-state index contributed by atoms with van der Waals surface area (Å²) in [6, 6.07) is 8.61. The van der Waals surface area contributed by atoms with E-state index < -0.39 is 0 Å². The van der Waals surface area contributed by atoms with E-state index in [2.05, 4.69) is 57.0 Å². The lowest BCUT2D eigenvalue weighted by molar-refractivity contribution is 0.0212. The van der Waals surface area contributed by atoms with Crippen LogP contribution in [0.3, 0.4) is 0 Å². The van der Waals surface area contributed by atoms with Crippen LogP contribution in [0, 0.1) is 5.92 Å². The van der Waals surface area contributed by atoms with Gasteiger partial charge < -0.3 is 10.6 Å². The molecule has 2 aliphatic heterocycles. The third kappa shape index (κ3) is 2.54. The van der Waals surface area contributed by atoms with Crippen LogP contribution in [0.25, 0.3) is 0 Å². The molecule has 0 spiro atoms. The van der Waals surface area contributed by atoms with Crippen LogP contribution in [0.1, 0.15) is 18.4 Å². The van der Waals surface area contributed by atoms with E-state index >= 15 is 0 Å². The Labute approximate surface area is 130 Å². The molecular formula is C16H24BrN3. The van der Waals surface area contributed by atoms with Crippen LogP contribution in [-0.4, -0.2) is 48.6 Å². The van der Waals surface area contributed by atoms with E-state index in [-0.39, 0.29) is 5.54 Å². The summed E-state index contributed by atoms with van der Waals surface area (Å²) in [6.07, 6.45) is 2.51. The van der Waals surface area contributed by atoms with Crippen molar-refractivity contribution >= 4 is 15.9 Å². The minimum Gasteiger partial charge on any atom is -0.329 e. The minimum atomic E-state index is 0.190. The van der Waals surface area contributed by atoms with Gasteiger partial charge in [-0.1, -0.05) is 28.1 Å². The van der Waals surface area contributed by atoms with E-state index in [1.165, 1.54) is 38.0 Å². The molecule has 0 amide bonds. The molecule has 0 aromatic heterocycles. The number of hydrogen-bond donors (Lipinski definition) is 1. The van der Waals surface area contributed by atoms with E-state index in [0.29, 0.717) is 0 Å². The molecule has 2 N–H and O–H groups in total. The number of halogens is 1. The molecule has 2 aliphatic rings. The molecule has 110 valence electrons. The molecule has 3 atom stereocenters. The van der Waals surface area contributed by atoms with Crippen molar-refractivity contribution in [3.8, 4) is 0 Å². The summed E-state index contributed by atoms with van der Waals surface area (Å²) < 4.78 is 1.15. The van der Waals surface area contributed by atoms with Crippen LogP contribution >= 0.6 is 15.9 Å². The van der Waals surface area contributed by atoms with Crippen LogP contribution in [-0.2, 0) is 6.54 Å². The van der Waals surface area contributed by atoms with Gasteiger partial charge in [0.2, 0.25) is 0 Å². The number of benzene rings is 1. The molecule has 0 aliphatic carbocycles. The lowest BCUT2D eigenvalue weighted by Gasteiger charge is -2.48. The average molecular weight is 338 g/mol. The van der Waals surface area contributed by atoms with E-state index in [1.807, 2.05) is 0 Å². The van der Waals surface area contributed by atoms with Gasteiger partial charge in [-0.05, 0) is 56.6 Å². The maximum Gasteiger partial charge on any atom is 0.0385 e. The van der Waals surface area contributed by atoms with Crippen LogP contribution in [0.2, 0.25) is 0 Å². The van der Waals surface area contributed by atoms with Crippen LogP contribution in [0.15, 0.2) is 28.7 Å². The fourth-order valence-corrected chi connectivity index (χ4v) is 4.47. The molecule has 0 radical (unpaired) electrons. The van der Waals surface area contributed by atoms with E-state index in [1.54, 1.807) is 0 Å². The fraction of sp³-hybridized carbons (Fsp3) is 0.625. The molecule has 1 aromatic rings. The molecule has 4 heteroatoms. The lowest BCUT2D eigenvalue weighted by atomic mass is 9.77. The van der Waals surface area contributed by atoms with Crippen molar-refractivity contribution in [1.82, 2.24) is 9.80 Å². The molecule has 3 unspecified atom stereocenters. The Kier molecular flexibility index (Phi) is 4.18. The van der Waals surface area contributed by atoms with Gasteiger partial charge in [0.25, 0.3) is 0 Å². The first-order valence-electron chi connectivity index (χ1n) is 7.52. The zero-order valence-corrected chi connectivity index (χ0v) is 13.8. The molecule has 2 fully saturated rings. The normalized spacial score (nSPS) is 32.8. The zero-order chi connectivity index (χ0) is 14.2. The van der Waals surface area contributed by atoms with Gasteiger partial charge in [0, 0.05) is 29.6 Å². The van der Waals surface area contributed by atoms with Crippen molar-refractivity contribution in [2.75, 3.05) is 33.2 Å². The van der Waals surface area contributed by atoms with Gasteiger partial charge in [0.05, 0.1) is 0 Å². The average Bonchev–Trinajstić information content (AvgIpc) is 2.83. The summed E-state index contributed by atoms with van der Waals surface area (Å²) in [5.74, 6) is 0.735. The number of rotatable bonds is 4. The Balaban J connectivity index is 1.78. The van der Waals surface area contributed by atoms with Gasteiger partial charge in [-0.2, -0.15) is 0 Å².